The SMILES string of the molecule is CCCOCCOc1ncccc1CNC(C)C. The average Bonchev–Trinajstić information content (AvgIpc) is 2.37. The van der Waals surface area contributed by atoms with E-state index in [-0.39, 0.29) is 0 Å². The smallest absolute Gasteiger partial charge is 0.217 e. The third-order valence-corrected chi connectivity index (χ3v) is 2.37. The van der Waals surface area contributed by atoms with Gasteiger partial charge in [0, 0.05) is 31.0 Å². The third-order valence-electron chi connectivity index (χ3n) is 2.37. The Morgan fingerprint density at radius 3 is 2.83 bits per heavy atom. The highest BCUT2D eigenvalue weighted by molar-refractivity contribution is 5.25. The summed E-state index contributed by atoms with van der Waals surface area (Å²) in [6, 6.07) is 4.41. The molecule has 1 aromatic heterocycles. The van der Waals surface area contributed by atoms with Crippen LogP contribution in [0.4, 0.5) is 0 Å². The fraction of sp³-hybridized carbons (Fsp3) is 0.643. The Morgan fingerprint density at radius 1 is 1.28 bits per heavy atom. The van der Waals surface area contributed by atoms with Gasteiger partial charge in [-0.05, 0) is 12.5 Å². The summed E-state index contributed by atoms with van der Waals surface area (Å²) in [5, 5.41) is 3.36. The molecular weight excluding hydrogens is 228 g/mol. The van der Waals surface area contributed by atoms with E-state index in [1.54, 1.807) is 6.20 Å². The molecule has 0 spiro atoms. The van der Waals surface area contributed by atoms with Crippen LogP contribution in [0.1, 0.15) is 32.8 Å². The first-order valence-corrected chi connectivity index (χ1v) is 6.61. The van der Waals surface area contributed by atoms with Gasteiger partial charge in [-0.2, -0.15) is 0 Å². The lowest BCUT2D eigenvalue weighted by molar-refractivity contribution is 0.0986. The molecule has 4 nitrogen and oxygen atoms in total. The van der Waals surface area contributed by atoms with Crippen molar-refractivity contribution in [3.63, 3.8) is 0 Å². The maximum atomic E-state index is 5.64. The van der Waals surface area contributed by atoms with Crippen LogP contribution in [0, 0.1) is 0 Å². The summed E-state index contributed by atoms with van der Waals surface area (Å²) in [5.41, 5.74) is 1.08. The van der Waals surface area contributed by atoms with Crippen LogP contribution in [0.15, 0.2) is 18.3 Å². The maximum Gasteiger partial charge on any atom is 0.217 e. The van der Waals surface area contributed by atoms with Gasteiger partial charge < -0.3 is 14.8 Å². The highest BCUT2D eigenvalue weighted by atomic mass is 16.5. The number of pyridine rings is 1. The van der Waals surface area contributed by atoms with Crippen molar-refractivity contribution in [2.24, 2.45) is 0 Å². The Hall–Kier alpha value is -1.13. The second kappa shape index (κ2) is 8.89. The van der Waals surface area contributed by atoms with E-state index in [2.05, 4.69) is 31.1 Å². The highest BCUT2D eigenvalue weighted by Gasteiger charge is 2.04. The highest BCUT2D eigenvalue weighted by Crippen LogP contribution is 2.13. The molecule has 0 saturated heterocycles. The van der Waals surface area contributed by atoms with Gasteiger partial charge in [0.2, 0.25) is 5.88 Å². The summed E-state index contributed by atoms with van der Waals surface area (Å²) >= 11 is 0. The molecule has 0 atom stereocenters. The first kappa shape index (κ1) is 14.9. The molecule has 18 heavy (non-hydrogen) atoms. The normalized spacial score (nSPS) is 10.9. The second-order valence-electron chi connectivity index (χ2n) is 4.46. The quantitative estimate of drug-likeness (QED) is 0.685. The predicted molar refractivity (Wildman–Crippen MR) is 72.8 cm³/mol. The van der Waals surface area contributed by atoms with E-state index < -0.39 is 0 Å². The van der Waals surface area contributed by atoms with Crippen molar-refractivity contribution < 1.29 is 9.47 Å². The second-order valence-corrected chi connectivity index (χ2v) is 4.46. The average molecular weight is 252 g/mol. The van der Waals surface area contributed by atoms with Gasteiger partial charge in [0.05, 0.1) is 6.61 Å². The van der Waals surface area contributed by atoms with E-state index in [4.69, 9.17) is 9.47 Å². The van der Waals surface area contributed by atoms with E-state index in [9.17, 15) is 0 Å². The number of rotatable bonds is 9. The maximum absolute atomic E-state index is 5.64. The van der Waals surface area contributed by atoms with Crippen LogP contribution >= 0.6 is 0 Å². The van der Waals surface area contributed by atoms with Gasteiger partial charge in [-0.15, -0.1) is 0 Å². The molecule has 1 aromatic rings. The lowest BCUT2D eigenvalue weighted by atomic mass is 10.2. The molecule has 0 radical (unpaired) electrons. The molecule has 0 aromatic carbocycles. The lowest BCUT2D eigenvalue weighted by Gasteiger charge is -2.12. The Kier molecular flexibility index (Phi) is 7.37. The van der Waals surface area contributed by atoms with Crippen LogP contribution in [0.3, 0.4) is 0 Å². The molecular formula is C14H24N2O2. The summed E-state index contributed by atoms with van der Waals surface area (Å²) in [5.74, 6) is 0.700. The first-order valence-electron chi connectivity index (χ1n) is 6.61. The van der Waals surface area contributed by atoms with Crippen LogP contribution < -0.4 is 10.1 Å². The number of nitrogens with one attached hydrogen (secondary N) is 1. The summed E-state index contributed by atoms with van der Waals surface area (Å²) in [6.07, 6.45) is 2.79. The molecule has 0 aliphatic heterocycles. The molecule has 0 aliphatic rings. The van der Waals surface area contributed by atoms with Crippen molar-refractivity contribution in [3.05, 3.63) is 23.9 Å². The van der Waals surface area contributed by atoms with E-state index in [1.807, 2.05) is 12.1 Å². The fourth-order valence-electron chi connectivity index (χ4n) is 1.45. The van der Waals surface area contributed by atoms with Crippen LogP contribution in [-0.4, -0.2) is 30.8 Å². The predicted octanol–water partition coefficient (Wildman–Crippen LogP) is 2.39. The number of aromatic nitrogens is 1. The van der Waals surface area contributed by atoms with Gasteiger partial charge >= 0.3 is 0 Å². The van der Waals surface area contributed by atoms with Crippen LogP contribution in [-0.2, 0) is 11.3 Å². The molecule has 102 valence electrons. The largest absolute Gasteiger partial charge is 0.475 e. The summed E-state index contributed by atoms with van der Waals surface area (Å²) in [7, 11) is 0. The van der Waals surface area contributed by atoms with E-state index >= 15 is 0 Å². The zero-order chi connectivity index (χ0) is 13.2. The molecule has 4 heteroatoms. The molecule has 1 heterocycles. The molecule has 1 N–H and O–H groups in total. The molecule has 0 aliphatic carbocycles. The summed E-state index contributed by atoms with van der Waals surface area (Å²) in [6.45, 7) is 9.05. The fourth-order valence-corrected chi connectivity index (χ4v) is 1.45. The Morgan fingerprint density at radius 2 is 2.11 bits per heavy atom. The zero-order valence-corrected chi connectivity index (χ0v) is 11.6. The first-order chi connectivity index (χ1) is 8.74. The minimum atomic E-state index is 0.450. The van der Waals surface area contributed by atoms with E-state index in [0.717, 1.165) is 25.1 Å². The van der Waals surface area contributed by atoms with Gasteiger partial charge in [-0.3, -0.25) is 0 Å². The van der Waals surface area contributed by atoms with Crippen molar-refractivity contribution in [1.29, 1.82) is 0 Å². The minimum absolute atomic E-state index is 0.450. The third kappa shape index (κ3) is 5.98. The summed E-state index contributed by atoms with van der Waals surface area (Å²) < 4.78 is 11.0. The molecule has 0 amide bonds. The van der Waals surface area contributed by atoms with Crippen LogP contribution in [0.25, 0.3) is 0 Å². The molecule has 0 bridgehead atoms. The Balaban J connectivity index is 2.38. The number of hydrogen-bond donors (Lipinski definition) is 1. The van der Waals surface area contributed by atoms with Crippen molar-refractivity contribution in [2.75, 3.05) is 19.8 Å². The van der Waals surface area contributed by atoms with Crippen molar-refractivity contribution in [1.82, 2.24) is 10.3 Å². The Labute approximate surface area is 110 Å². The van der Waals surface area contributed by atoms with Gasteiger partial charge in [-0.1, -0.05) is 26.8 Å². The van der Waals surface area contributed by atoms with Crippen molar-refractivity contribution in [3.8, 4) is 5.88 Å². The van der Waals surface area contributed by atoms with Gasteiger partial charge in [0.25, 0.3) is 0 Å². The standard InChI is InChI=1S/C14H24N2O2/c1-4-8-17-9-10-18-14-13(6-5-7-15-14)11-16-12(2)3/h5-7,12,16H,4,8-11H2,1-3H3. The molecule has 0 unspecified atom stereocenters. The monoisotopic (exact) mass is 252 g/mol. The molecule has 0 fully saturated rings. The number of nitrogens with zero attached hydrogens (tertiary/aromatic N) is 1. The van der Waals surface area contributed by atoms with Crippen LogP contribution in [0.2, 0.25) is 0 Å². The summed E-state index contributed by atoms with van der Waals surface area (Å²) in [4.78, 5) is 4.26. The number of ether oxygens (including phenoxy) is 2. The lowest BCUT2D eigenvalue weighted by Crippen LogP contribution is -2.22. The number of hydrogen-bond acceptors (Lipinski definition) is 4. The molecule has 0 saturated carbocycles. The Bertz CT molecular complexity index is 329. The van der Waals surface area contributed by atoms with E-state index in [0.29, 0.717) is 25.1 Å². The van der Waals surface area contributed by atoms with Gasteiger partial charge in [0.15, 0.2) is 0 Å². The molecule has 1 rings (SSSR count). The van der Waals surface area contributed by atoms with Gasteiger partial charge in [-0.25, -0.2) is 4.98 Å². The topological polar surface area (TPSA) is 43.4 Å². The van der Waals surface area contributed by atoms with Crippen LogP contribution in [0.5, 0.6) is 5.88 Å². The zero-order valence-electron chi connectivity index (χ0n) is 11.6. The van der Waals surface area contributed by atoms with E-state index in [1.165, 1.54) is 0 Å². The van der Waals surface area contributed by atoms with Gasteiger partial charge in [0.1, 0.15) is 6.61 Å². The van der Waals surface area contributed by atoms with Crippen molar-refractivity contribution in [2.45, 2.75) is 39.8 Å². The van der Waals surface area contributed by atoms with Crippen molar-refractivity contribution >= 4 is 0 Å². The minimum Gasteiger partial charge on any atom is -0.475 e.